The lowest BCUT2D eigenvalue weighted by molar-refractivity contribution is -0.274. The van der Waals surface area contributed by atoms with E-state index in [1.54, 1.807) is 12.1 Å². The minimum Gasteiger partial charge on any atom is -0.406 e. The summed E-state index contributed by atoms with van der Waals surface area (Å²) in [4.78, 5) is 8.64. The molecule has 0 radical (unpaired) electrons. The molecule has 1 heterocycles. The van der Waals surface area contributed by atoms with Gasteiger partial charge in [-0.25, -0.2) is 9.37 Å². The molecule has 6 nitrogen and oxygen atoms in total. The number of aromatic nitrogens is 2. The third-order valence-electron chi connectivity index (χ3n) is 3.82. The molecule has 3 N–H and O–H groups in total. The second-order valence-corrected chi connectivity index (χ2v) is 6.17. The monoisotopic (exact) mass is 422 g/mol. The minimum absolute atomic E-state index is 0.0236. The lowest BCUT2D eigenvalue weighted by Crippen LogP contribution is -2.17. The van der Waals surface area contributed by atoms with Gasteiger partial charge in [0.2, 0.25) is 5.95 Å². The SMILES string of the molecule is OCCCNc1nc(Nc2ccc(F)cc2)cc(-c2cccc(OC(F)(F)F)c2)n1. The summed E-state index contributed by atoms with van der Waals surface area (Å²) in [5.41, 5.74) is 1.29. The van der Waals surface area contributed by atoms with Gasteiger partial charge < -0.3 is 20.5 Å². The van der Waals surface area contributed by atoms with Crippen LogP contribution >= 0.6 is 0 Å². The Morgan fingerprint density at radius 3 is 2.47 bits per heavy atom. The van der Waals surface area contributed by atoms with Crippen LogP contribution in [0.3, 0.4) is 0 Å². The van der Waals surface area contributed by atoms with Crippen LogP contribution < -0.4 is 15.4 Å². The molecule has 3 aromatic rings. The number of nitrogens with zero attached hydrogens (tertiary/aromatic N) is 2. The predicted molar refractivity (Wildman–Crippen MR) is 104 cm³/mol. The van der Waals surface area contributed by atoms with Crippen LogP contribution in [0.1, 0.15) is 6.42 Å². The molecule has 0 bridgehead atoms. The zero-order valence-electron chi connectivity index (χ0n) is 15.6. The zero-order chi connectivity index (χ0) is 21.6. The number of halogens is 4. The van der Waals surface area contributed by atoms with Crippen LogP contribution in [0.2, 0.25) is 0 Å². The first kappa shape index (κ1) is 21.3. The molecule has 0 saturated heterocycles. The summed E-state index contributed by atoms with van der Waals surface area (Å²) in [6.45, 7) is 0.372. The third kappa shape index (κ3) is 6.31. The van der Waals surface area contributed by atoms with E-state index >= 15 is 0 Å². The van der Waals surface area contributed by atoms with Crippen molar-refractivity contribution in [2.75, 3.05) is 23.8 Å². The summed E-state index contributed by atoms with van der Waals surface area (Å²) in [5, 5.41) is 14.9. The number of anilines is 3. The molecule has 10 heteroatoms. The smallest absolute Gasteiger partial charge is 0.406 e. The molecule has 0 aliphatic heterocycles. The maximum atomic E-state index is 13.1. The number of hydrogen-bond donors (Lipinski definition) is 3. The number of nitrogens with one attached hydrogen (secondary N) is 2. The van der Waals surface area contributed by atoms with Gasteiger partial charge >= 0.3 is 6.36 Å². The second-order valence-electron chi connectivity index (χ2n) is 6.17. The van der Waals surface area contributed by atoms with Crippen molar-refractivity contribution < 1.29 is 27.4 Å². The van der Waals surface area contributed by atoms with E-state index in [0.29, 0.717) is 35.7 Å². The fraction of sp³-hybridized carbons (Fsp3) is 0.200. The quantitative estimate of drug-likeness (QED) is 0.360. The van der Waals surface area contributed by atoms with Gasteiger partial charge in [-0.15, -0.1) is 13.2 Å². The molecule has 0 saturated carbocycles. The van der Waals surface area contributed by atoms with E-state index in [0.717, 1.165) is 0 Å². The van der Waals surface area contributed by atoms with E-state index in [1.807, 2.05) is 0 Å². The number of ether oxygens (including phenoxy) is 1. The Balaban J connectivity index is 1.93. The molecule has 0 unspecified atom stereocenters. The summed E-state index contributed by atoms with van der Waals surface area (Å²) in [6, 6.07) is 12.6. The van der Waals surface area contributed by atoms with Crippen molar-refractivity contribution in [2.24, 2.45) is 0 Å². The average molecular weight is 422 g/mol. The van der Waals surface area contributed by atoms with Crippen LogP contribution in [-0.4, -0.2) is 34.6 Å². The van der Waals surface area contributed by atoms with Crippen molar-refractivity contribution in [3.8, 4) is 17.0 Å². The highest BCUT2D eigenvalue weighted by Crippen LogP contribution is 2.29. The van der Waals surface area contributed by atoms with Gasteiger partial charge in [0, 0.05) is 30.5 Å². The highest BCUT2D eigenvalue weighted by molar-refractivity contribution is 5.68. The first-order valence-corrected chi connectivity index (χ1v) is 8.95. The van der Waals surface area contributed by atoms with Crippen molar-refractivity contribution >= 4 is 17.5 Å². The molecular formula is C20H18F4N4O2. The molecule has 3 rings (SSSR count). The summed E-state index contributed by atoms with van der Waals surface area (Å²) in [7, 11) is 0. The number of aliphatic hydroxyl groups is 1. The van der Waals surface area contributed by atoms with Gasteiger partial charge in [0.05, 0.1) is 5.69 Å². The zero-order valence-corrected chi connectivity index (χ0v) is 15.6. The van der Waals surface area contributed by atoms with Crippen LogP contribution in [0.25, 0.3) is 11.3 Å². The first-order chi connectivity index (χ1) is 14.3. The second kappa shape index (κ2) is 9.40. The van der Waals surface area contributed by atoms with Crippen LogP contribution in [0.15, 0.2) is 54.6 Å². The van der Waals surface area contributed by atoms with Gasteiger partial charge in [0.25, 0.3) is 0 Å². The number of benzene rings is 2. The van der Waals surface area contributed by atoms with Crippen molar-refractivity contribution in [2.45, 2.75) is 12.8 Å². The maximum absolute atomic E-state index is 13.1. The fourth-order valence-corrected chi connectivity index (χ4v) is 2.55. The van der Waals surface area contributed by atoms with Gasteiger partial charge in [0.15, 0.2) is 0 Å². The van der Waals surface area contributed by atoms with E-state index in [4.69, 9.17) is 5.11 Å². The van der Waals surface area contributed by atoms with Gasteiger partial charge in [-0.1, -0.05) is 12.1 Å². The lowest BCUT2D eigenvalue weighted by atomic mass is 10.1. The summed E-state index contributed by atoms with van der Waals surface area (Å²) in [6.07, 6.45) is -4.35. The topological polar surface area (TPSA) is 79.3 Å². The van der Waals surface area contributed by atoms with Crippen molar-refractivity contribution in [1.29, 1.82) is 0 Å². The Kier molecular flexibility index (Phi) is 6.68. The van der Waals surface area contributed by atoms with Gasteiger partial charge in [0.1, 0.15) is 17.4 Å². The van der Waals surface area contributed by atoms with E-state index in [2.05, 4.69) is 25.3 Å². The fourth-order valence-electron chi connectivity index (χ4n) is 2.55. The summed E-state index contributed by atoms with van der Waals surface area (Å²) >= 11 is 0. The van der Waals surface area contributed by atoms with Crippen LogP contribution in [0.5, 0.6) is 5.75 Å². The van der Waals surface area contributed by atoms with Gasteiger partial charge in [-0.3, -0.25) is 0 Å². The highest BCUT2D eigenvalue weighted by Gasteiger charge is 2.31. The minimum atomic E-state index is -4.81. The molecule has 0 aliphatic rings. The van der Waals surface area contributed by atoms with Gasteiger partial charge in [-0.05, 0) is 42.8 Å². The Morgan fingerprint density at radius 1 is 1.00 bits per heavy atom. The molecule has 158 valence electrons. The molecule has 1 aromatic heterocycles. The Hall–Kier alpha value is -3.40. The maximum Gasteiger partial charge on any atom is 0.573 e. The largest absolute Gasteiger partial charge is 0.573 e. The van der Waals surface area contributed by atoms with Crippen LogP contribution in [-0.2, 0) is 0 Å². The van der Waals surface area contributed by atoms with Crippen LogP contribution in [0, 0.1) is 5.82 Å². The molecule has 0 fully saturated rings. The normalized spacial score (nSPS) is 11.2. The van der Waals surface area contributed by atoms with Crippen molar-refractivity contribution in [3.05, 3.63) is 60.4 Å². The molecule has 0 amide bonds. The molecule has 0 aliphatic carbocycles. The van der Waals surface area contributed by atoms with Crippen molar-refractivity contribution in [1.82, 2.24) is 9.97 Å². The lowest BCUT2D eigenvalue weighted by Gasteiger charge is -2.13. The summed E-state index contributed by atoms with van der Waals surface area (Å²) < 4.78 is 54.7. The molecule has 0 spiro atoms. The number of aliphatic hydroxyl groups excluding tert-OH is 1. The molecule has 0 atom stereocenters. The van der Waals surface area contributed by atoms with E-state index in [1.165, 1.54) is 42.5 Å². The molecule has 30 heavy (non-hydrogen) atoms. The number of rotatable bonds is 8. The summed E-state index contributed by atoms with van der Waals surface area (Å²) in [5.74, 6) is -0.203. The Labute approximate surface area is 169 Å². The van der Waals surface area contributed by atoms with Crippen LogP contribution in [0.4, 0.5) is 35.0 Å². The third-order valence-corrected chi connectivity index (χ3v) is 3.82. The first-order valence-electron chi connectivity index (χ1n) is 8.95. The number of hydrogen-bond acceptors (Lipinski definition) is 6. The molecule has 2 aromatic carbocycles. The predicted octanol–water partition coefficient (Wildman–Crippen LogP) is 4.72. The Bertz CT molecular complexity index is 981. The standard InChI is InChI=1S/C20H18F4N4O2/c21-14-5-7-15(8-6-14)26-18-12-17(27-19(28-18)25-9-2-10-29)13-3-1-4-16(11-13)30-20(22,23)24/h1,3-8,11-12,29H,2,9-10H2,(H2,25,26,27,28). The van der Waals surface area contributed by atoms with E-state index in [-0.39, 0.29) is 18.3 Å². The highest BCUT2D eigenvalue weighted by atomic mass is 19.4. The molecular weight excluding hydrogens is 404 g/mol. The van der Waals surface area contributed by atoms with Crippen molar-refractivity contribution in [3.63, 3.8) is 0 Å². The number of alkyl halides is 3. The Morgan fingerprint density at radius 2 is 1.77 bits per heavy atom. The van der Waals surface area contributed by atoms with Gasteiger partial charge in [-0.2, -0.15) is 4.98 Å². The van der Waals surface area contributed by atoms with E-state index < -0.39 is 12.2 Å². The average Bonchev–Trinajstić information content (AvgIpc) is 2.69. The van der Waals surface area contributed by atoms with E-state index in [9.17, 15) is 17.6 Å².